The Labute approximate surface area is 133 Å². The Morgan fingerprint density at radius 1 is 0.727 bits per heavy atom. The normalized spacial score (nSPS) is 11.6. The van der Waals surface area contributed by atoms with E-state index in [9.17, 15) is 0 Å². The van der Waals surface area contributed by atoms with Crippen LogP contribution in [0.2, 0.25) is 0 Å². The maximum Gasteiger partial charge on any atom is 0.0491 e. The van der Waals surface area contributed by atoms with Gasteiger partial charge in [-0.3, -0.25) is 0 Å². The highest BCUT2D eigenvalue weighted by Gasteiger charge is 2.09. The highest BCUT2D eigenvalue weighted by atomic mass is 14.9. The van der Waals surface area contributed by atoms with Crippen molar-refractivity contribution in [2.45, 2.75) is 52.4 Å². The van der Waals surface area contributed by atoms with Crippen LogP contribution in [0.25, 0.3) is 21.8 Å². The van der Waals surface area contributed by atoms with E-state index < -0.39 is 0 Å². The van der Waals surface area contributed by atoms with Crippen LogP contribution < -0.4 is 0 Å². The van der Waals surface area contributed by atoms with Gasteiger partial charge in [0.25, 0.3) is 0 Å². The van der Waals surface area contributed by atoms with Gasteiger partial charge in [0.1, 0.15) is 0 Å². The van der Waals surface area contributed by atoms with Crippen LogP contribution in [0.5, 0.6) is 0 Å². The number of aromatic nitrogens is 1. The van der Waals surface area contributed by atoms with Crippen LogP contribution in [-0.2, 0) is 19.9 Å². The third-order valence-electron chi connectivity index (χ3n) is 4.78. The van der Waals surface area contributed by atoms with Gasteiger partial charge in [-0.05, 0) is 48.9 Å². The second kappa shape index (κ2) is 6.56. The number of hydrogen-bond donors (Lipinski definition) is 0. The van der Waals surface area contributed by atoms with Crippen molar-refractivity contribution in [1.82, 2.24) is 4.57 Å². The van der Waals surface area contributed by atoms with Crippen LogP contribution in [0, 0.1) is 0 Å². The summed E-state index contributed by atoms with van der Waals surface area (Å²) in [6.07, 6.45) is 7.44. The average Bonchev–Trinajstić information content (AvgIpc) is 2.83. The molecule has 0 atom stereocenters. The van der Waals surface area contributed by atoms with Gasteiger partial charge in [0, 0.05) is 28.9 Å². The molecule has 0 aliphatic carbocycles. The van der Waals surface area contributed by atoms with E-state index in [-0.39, 0.29) is 0 Å². The van der Waals surface area contributed by atoms with Crippen molar-refractivity contribution in [2.75, 3.05) is 0 Å². The van der Waals surface area contributed by atoms with E-state index in [1.54, 1.807) is 0 Å². The molecule has 0 radical (unpaired) electrons. The molecule has 3 rings (SSSR count). The molecule has 22 heavy (non-hydrogen) atoms. The lowest BCUT2D eigenvalue weighted by molar-refractivity contribution is 0.795. The lowest BCUT2D eigenvalue weighted by atomic mass is 10.0. The zero-order valence-corrected chi connectivity index (χ0v) is 14.2. The first-order chi connectivity index (χ1) is 10.7. The summed E-state index contributed by atoms with van der Waals surface area (Å²) in [7, 11) is 2.21. The molecule has 116 valence electrons. The van der Waals surface area contributed by atoms with E-state index >= 15 is 0 Å². The number of hydrogen-bond acceptors (Lipinski definition) is 0. The molecule has 1 nitrogen and oxygen atoms in total. The number of aryl methyl sites for hydroxylation is 3. The van der Waals surface area contributed by atoms with E-state index in [0.717, 1.165) is 0 Å². The quantitative estimate of drug-likeness (QED) is 0.524. The Kier molecular flexibility index (Phi) is 4.52. The molecule has 1 aromatic heterocycles. The van der Waals surface area contributed by atoms with Crippen molar-refractivity contribution >= 4 is 21.8 Å². The molecule has 0 aliphatic rings. The Morgan fingerprint density at radius 3 is 1.59 bits per heavy atom. The molecule has 0 unspecified atom stereocenters. The zero-order chi connectivity index (χ0) is 15.5. The topological polar surface area (TPSA) is 4.93 Å². The van der Waals surface area contributed by atoms with E-state index in [1.807, 2.05) is 0 Å². The summed E-state index contributed by atoms with van der Waals surface area (Å²) in [5.74, 6) is 0. The third-order valence-corrected chi connectivity index (χ3v) is 4.78. The monoisotopic (exact) mass is 293 g/mol. The van der Waals surface area contributed by atoms with E-state index in [2.05, 4.69) is 61.9 Å². The Bertz CT molecular complexity index is 714. The molecule has 1 heterocycles. The summed E-state index contributed by atoms with van der Waals surface area (Å²) in [5.41, 5.74) is 5.67. The molecule has 0 saturated carbocycles. The molecule has 0 saturated heterocycles. The van der Waals surface area contributed by atoms with E-state index in [1.165, 1.54) is 71.5 Å². The first-order valence-corrected chi connectivity index (χ1v) is 8.74. The molecular weight excluding hydrogens is 266 g/mol. The van der Waals surface area contributed by atoms with Gasteiger partial charge >= 0.3 is 0 Å². The molecule has 0 aliphatic heterocycles. The molecule has 1 heteroatoms. The summed E-state index contributed by atoms with van der Waals surface area (Å²) >= 11 is 0. The molecular formula is C21H27N. The minimum atomic E-state index is 1.19. The SMILES string of the molecule is CCCCc1ccc2c3ccc(CCCC)cc3n(C)c2c1. The minimum Gasteiger partial charge on any atom is -0.344 e. The van der Waals surface area contributed by atoms with Crippen molar-refractivity contribution in [1.29, 1.82) is 0 Å². The predicted octanol–water partition coefficient (Wildman–Crippen LogP) is 6.02. The van der Waals surface area contributed by atoms with Gasteiger partial charge in [-0.1, -0.05) is 51.0 Å². The number of fused-ring (bicyclic) bond motifs is 3. The first-order valence-electron chi connectivity index (χ1n) is 8.74. The summed E-state index contributed by atoms with van der Waals surface area (Å²) in [6.45, 7) is 4.51. The van der Waals surface area contributed by atoms with Crippen LogP contribution in [0.1, 0.15) is 50.7 Å². The number of rotatable bonds is 6. The van der Waals surface area contributed by atoms with Crippen LogP contribution >= 0.6 is 0 Å². The molecule has 2 aromatic carbocycles. The largest absolute Gasteiger partial charge is 0.344 e. The Balaban J connectivity index is 2.07. The summed E-state index contributed by atoms with van der Waals surface area (Å²) < 4.78 is 2.37. The maximum atomic E-state index is 2.39. The van der Waals surface area contributed by atoms with Crippen LogP contribution in [0.3, 0.4) is 0 Å². The van der Waals surface area contributed by atoms with Crippen molar-refractivity contribution < 1.29 is 0 Å². The fraction of sp³-hybridized carbons (Fsp3) is 0.429. The van der Waals surface area contributed by atoms with Crippen LogP contribution in [0.15, 0.2) is 36.4 Å². The predicted molar refractivity (Wildman–Crippen MR) is 97.6 cm³/mol. The minimum absolute atomic E-state index is 1.19. The lowest BCUT2D eigenvalue weighted by Gasteiger charge is -2.03. The summed E-state index contributed by atoms with van der Waals surface area (Å²) in [4.78, 5) is 0. The highest BCUT2D eigenvalue weighted by Crippen LogP contribution is 2.30. The fourth-order valence-corrected chi connectivity index (χ4v) is 3.37. The van der Waals surface area contributed by atoms with Gasteiger partial charge in [-0.15, -0.1) is 0 Å². The van der Waals surface area contributed by atoms with Gasteiger partial charge < -0.3 is 4.57 Å². The number of nitrogens with zero attached hydrogens (tertiary/aromatic N) is 1. The maximum absolute atomic E-state index is 2.39. The average molecular weight is 293 g/mol. The standard InChI is InChI=1S/C21H27N/c1-4-6-8-16-10-12-18-19-13-11-17(9-7-5-2)15-21(19)22(3)20(18)14-16/h10-15H,4-9H2,1-3H3. The summed E-state index contributed by atoms with van der Waals surface area (Å²) in [6, 6.07) is 14.0. The molecule has 0 amide bonds. The Morgan fingerprint density at radius 2 is 1.18 bits per heavy atom. The van der Waals surface area contributed by atoms with Crippen LogP contribution in [-0.4, -0.2) is 4.57 Å². The van der Waals surface area contributed by atoms with Gasteiger partial charge in [-0.25, -0.2) is 0 Å². The van der Waals surface area contributed by atoms with Gasteiger partial charge in [0.15, 0.2) is 0 Å². The third kappa shape index (κ3) is 2.77. The molecule has 0 fully saturated rings. The van der Waals surface area contributed by atoms with Crippen LogP contribution in [0.4, 0.5) is 0 Å². The van der Waals surface area contributed by atoms with Gasteiger partial charge in [0.2, 0.25) is 0 Å². The smallest absolute Gasteiger partial charge is 0.0491 e. The highest BCUT2D eigenvalue weighted by molar-refractivity contribution is 6.08. The van der Waals surface area contributed by atoms with E-state index in [0.29, 0.717) is 0 Å². The zero-order valence-electron chi connectivity index (χ0n) is 14.2. The first kappa shape index (κ1) is 15.1. The second-order valence-electron chi connectivity index (χ2n) is 6.47. The molecule has 0 bridgehead atoms. The summed E-state index contributed by atoms with van der Waals surface area (Å²) in [5, 5.41) is 2.78. The lowest BCUT2D eigenvalue weighted by Crippen LogP contribution is -1.90. The number of unbranched alkanes of at least 4 members (excludes halogenated alkanes) is 2. The van der Waals surface area contributed by atoms with Crippen molar-refractivity contribution in [2.24, 2.45) is 7.05 Å². The molecule has 0 spiro atoms. The van der Waals surface area contributed by atoms with Crippen molar-refractivity contribution in [3.63, 3.8) is 0 Å². The second-order valence-corrected chi connectivity index (χ2v) is 6.47. The van der Waals surface area contributed by atoms with E-state index in [4.69, 9.17) is 0 Å². The number of benzene rings is 2. The Hall–Kier alpha value is -1.76. The van der Waals surface area contributed by atoms with Crippen molar-refractivity contribution in [3.05, 3.63) is 47.5 Å². The fourth-order valence-electron chi connectivity index (χ4n) is 3.37. The molecule has 0 N–H and O–H groups in total. The van der Waals surface area contributed by atoms with Gasteiger partial charge in [0.05, 0.1) is 0 Å². The van der Waals surface area contributed by atoms with Crippen molar-refractivity contribution in [3.8, 4) is 0 Å². The van der Waals surface area contributed by atoms with Gasteiger partial charge in [-0.2, -0.15) is 0 Å². The molecule has 3 aromatic rings.